The fraction of sp³-hybridized carbons (Fsp3) is 0.0833. The van der Waals surface area contributed by atoms with Crippen molar-refractivity contribution >= 4 is 37.3 Å². The molecule has 0 atom stereocenters. The standard InChI is InChI=1S/C12H10BrN3O4S/c1-8-3-2-4-11(16(17)18)12(8)21(19,20)15-10-5-6-14-7-9(10)13/h2-7H,1H3,(H,14,15). The third-order valence-corrected chi connectivity index (χ3v) is 4.86. The van der Waals surface area contributed by atoms with E-state index in [4.69, 9.17) is 0 Å². The maximum atomic E-state index is 12.4. The Bertz CT molecular complexity index is 808. The highest BCUT2D eigenvalue weighted by atomic mass is 79.9. The van der Waals surface area contributed by atoms with Crippen LogP contribution in [-0.4, -0.2) is 18.3 Å². The summed E-state index contributed by atoms with van der Waals surface area (Å²) in [5.74, 6) is 0. The van der Waals surface area contributed by atoms with Crippen LogP contribution in [0.4, 0.5) is 11.4 Å². The topological polar surface area (TPSA) is 102 Å². The second-order valence-corrected chi connectivity index (χ2v) is 6.61. The van der Waals surface area contributed by atoms with E-state index in [2.05, 4.69) is 25.6 Å². The number of pyridine rings is 1. The number of rotatable bonds is 4. The molecule has 0 saturated heterocycles. The zero-order valence-electron chi connectivity index (χ0n) is 10.8. The van der Waals surface area contributed by atoms with Gasteiger partial charge in [0.15, 0.2) is 4.90 Å². The highest BCUT2D eigenvalue weighted by Gasteiger charge is 2.28. The van der Waals surface area contributed by atoms with E-state index in [1.54, 1.807) is 0 Å². The van der Waals surface area contributed by atoms with E-state index in [-0.39, 0.29) is 10.6 Å². The third-order valence-electron chi connectivity index (χ3n) is 2.67. The molecule has 2 aromatic rings. The number of nitro groups is 1. The van der Waals surface area contributed by atoms with Gasteiger partial charge in [-0.25, -0.2) is 8.42 Å². The lowest BCUT2D eigenvalue weighted by Gasteiger charge is -2.11. The first-order valence-electron chi connectivity index (χ1n) is 5.69. The Hall–Kier alpha value is -2.00. The highest BCUT2D eigenvalue weighted by molar-refractivity contribution is 9.10. The van der Waals surface area contributed by atoms with Crippen molar-refractivity contribution in [3.63, 3.8) is 0 Å². The quantitative estimate of drug-likeness (QED) is 0.657. The number of hydrogen-bond acceptors (Lipinski definition) is 5. The summed E-state index contributed by atoms with van der Waals surface area (Å²) < 4.78 is 27.6. The first-order valence-corrected chi connectivity index (χ1v) is 7.97. The smallest absolute Gasteiger partial charge is 0.278 e. The summed E-state index contributed by atoms with van der Waals surface area (Å²) in [6, 6.07) is 5.55. The van der Waals surface area contributed by atoms with Gasteiger partial charge in [0.2, 0.25) is 0 Å². The lowest BCUT2D eigenvalue weighted by Crippen LogP contribution is -2.16. The molecule has 21 heavy (non-hydrogen) atoms. The molecular weight excluding hydrogens is 362 g/mol. The second kappa shape index (κ2) is 5.78. The molecule has 7 nitrogen and oxygen atoms in total. The molecule has 1 aromatic heterocycles. The number of sulfonamides is 1. The maximum absolute atomic E-state index is 12.4. The molecule has 0 bridgehead atoms. The summed E-state index contributed by atoms with van der Waals surface area (Å²) in [5.41, 5.74) is 0.0807. The highest BCUT2D eigenvalue weighted by Crippen LogP contribution is 2.30. The van der Waals surface area contributed by atoms with Crippen LogP contribution in [0.25, 0.3) is 0 Å². The monoisotopic (exact) mass is 371 g/mol. The van der Waals surface area contributed by atoms with Gasteiger partial charge in [-0.2, -0.15) is 0 Å². The van der Waals surface area contributed by atoms with E-state index in [1.165, 1.54) is 37.5 Å². The summed E-state index contributed by atoms with van der Waals surface area (Å²) >= 11 is 3.16. The van der Waals surface area contributed by atoms with Crippen LogP contribution in [0.5, 0.6) is 0 Å². The molecule has 0 saturated carbocycles. The van der Waals surface area contributed by atoms with Gasteiger partial charge >= 0.3 is 0 Å². The molecule has 0 aliphatic carbocycles. The number of anilines is 1. The summed E-state index contributed by atoms with van der Waals surface area (Å²) in [6.45, 7) is 1.50. The fourth-order valence-corrected chi connectivity index (χ4v) is 3.74. The van der Waals surface area contributed by atoms with Gasteiger partial charge < -0.3 is 0 Å². The van der Waals surface area contributed by atoms with E-state index < -0.39 is 20.6 Å². The molecule has 0 spiro atoms. The maximum Gasteiger partial charge on any atom is 0.290 e. The number of nitrogens with one attached hydrogen (secondary N) is 1. The van der Waals surface area contributed by atoms with Crippen LogP contribution in [-0.2, 0) is 10.0 Å². The van der Waals surface area contributed by atoms with E-state index in [0.29, 0.717) is 10.0 Å². The van der Waals surface area contributed by atoms with Crippen molar-refractivity contribution in [1.82, 2.24) is 4.98 Å². The van der Waals surface area contributed by atoms with Crippen LogP contribution in [0.15, 0.2) is 46.0 Å². The van der Waals surface area contributed by atoms with Crippen molar-refractivity contribution in [2.75, 3.05) is 4.72 Å². The minimum atomic E-state index is -4.09. The first-order chi connectivity index (χ1) is 9.83. The average molecular weight is 372 g/mol. The van der Waals surface area contributed by atoms with E-state index in [9.17, 15) is 18.5 Å². The molecule has 0 aliphatic rings. The molecule has 0 fully saturated rings. The fourth-order valence-electron chi connectivity index (χ4n) is 1.78. The van der Waals surface area contributed by atoms with Crippen molar-refractivity contribution in [2.45, 2.75) is 11.8 Å². The summed E-state index contributed by atoms with van der Waals surface area (Å²) in [5, 5.41) is 11.0. The van der Waals surface area contributed by atoms with Crippen LogP contribution in [0.3, 0.4) is 0 Å². The van der Waals surface area contributed by atoms with Crippen molar-refractivity contribution in [1.29, 1.82) is 0 Å². The number of aryl methyl sites for hydroxylation is 1. The first kappa shape index (κ1) is 15.4. The molecule has 0 unspecified atom stereocenters. The minimum Gasteiger partial charge on any atom is -0.278 e. The van der Waals surface area contributed by atoms with Gasteiger partial charge in [-0.1, -0.05) is 12.1 Å². The second-order valence-electron chi connectivity index (χ2n) is 4.14. The van der Waals surface area contributed by atoms with Gasteiger partial charge in [0.25, 0.3) is 15.7 Å². The Morgan fingerprint density at radius 3 is 2.67 bits per heavy atom. The number of nitro benzene ring substituents is 1. The number of hydrogen-bond donors (Lipinski definition) is 1. The molecule has 1 heterocycles. The van der Waals surface area contributed by atoms with Gasteiger partial charge in [0, 0.05) is 18.5 Å². The van der Waals surface area contributed by atoms with Crippen molar-refractivity contribution in [2.24, 2.45) is 0 Å². The Morgan fingerprint density at radius 1 is 1.33 bits per heavy atom. The number of aromatic nitrogens is 1. The Labute approximate surface area is 129 Å². The van der Waals surface area contributed by atoms with E-state index in [0.717, 1.165) is 6.07 Å². The lowest BCUT2D eigenvalue weighted by molar-refractivity contribution is -0.387. The van der Waals surface area contributed by atoms with Gasteiger partial charge in [0.05, 0.1) is 15.1 Å². The van der Waals surface area contributed by atoms with Crippen molar-refractivity contribution < 1.29 is 13.3 Å². The lowest BCUT2D eigenvalue weighted by atomic mass is 10.2. The third kappa shape index (κ3) is 3.19. The Balaban J connectivity index is 2.56. The van der Waals surface area contributed by atoms with Gasteiger partial charge in [-0.15, -0.1) is 0 Å². The van der Waals surface area contributed by atoms with Crippen molar-refractivity contribution in [3.05, 3.63) is 56.8 Å². The van der Waals surface area contributed by atoms with Crippen molar-refractivity contribution in [3.8, 4) is 0 Å². The number of nitrogens with zero attached hydrogens (tertiary/aromatic N) is 2. The molecule has 1 N–H and O–H groups in total. The van der Waals surface area contributed by atoms with Crippen LogP contribution in [0.1, 0.15) is 5.56 Å². The number of halogens is 1. The van der Waals surface area contributed by atoms with Crippen LogP contribution < -0.4 is 4.72 Å². The van der Waals surface area contributed by atoms with E-state index >= 15 is 0 Å². The normalized spacial score (nSPS) is 11.1. The molecule has 0 radical (unpaired) electrons. The summed E-state index contributed by atoms with van der Waals surface area (Å²) in [7, 11) is -4.09. The SMILES string of the molecule is Cc1cccc([N+](=O)[O-])c1S(=O)(=O)Nc1ccncc1Br. The molecular formula is C12H10BrN3O4S. The molecule has 9 heteroatoms. The van der Waals surface area contributed by atoms with Gasteiger partial charge in [-0.3, -0.25) is 19.8 Å². The zero-order valence-corrected chi connectivity index (χ0v) is 13.2. The Kier molecular flexibility index (Phi) is 4.24. The largest absolute Gasteiger partial charge is 0.290 e. The molecule has 0 aliphatic heterocycles. The molecule has 110 valence electrons. The van der Waals surface area contributed by atoms with Crippen LogP contribution in [0, 0.1) is 17.0 Å². The average Bonchev–Trinajstić information content (AvgIpc) is 2.40. The van der Waals surface area contributed by atoms with Crippen LogP contribution in [0.2, 0.25) is 0 Å². The predicted octanol–water partition coefficient (Wildman–Crippen LogP) is 2.86. The molecule has 2 rings (SSSR count). The molecule has 0 amide bonds. The summed E-state index contributed by atoms with van der Waals surface area (Å²) in [4.78, 5) is 13.8. The van der Waals surface area contributed by atoms with Gasteiger partial charge in [0.1, 0.15) is 0 Å². The molecule has 1 aromatic carbocycles. The zero-order chi connectivity index (χ0) is 15.6. The number of benzene rings is 1. The minimum absolute atomic E-state index is 0.252. The van der Waals surface area contributed by atoms with Gasteiger partial charge in [-0.05, 0) is 34.5 Å². The summed E-state index contributed by atoms with van der Waals surface area (Å²) in [6.07, 6.45) is 2.83. The van der Waals surface area contributed by atoms with Crippen LogP contribution >= 0.6 is 15.9 Å². The van der Waals surface area contributed by atoms with E-state index in [1.807, 2.05) is 0 Å². The Morgan fingerprint density at radius 2 is 2.05 bits per heavy atom. The predicted molar refractivity (Wildman–Crippen MR) is 80.6 cm³/mol.